The van der Waals surface area contributed by atoms with Crippen molar-refractivity contribution in [3.63, 3.8) is 0 Å². The van der Waals surface area contributed by atoms with Crippen LogP contribution in [0.15, 0.2) is 141 Å². The van der Waals surface area contributed by atoms with Gasteiger partial charge in [-0.05, 0) is 81.6 Å². The maximum atomic E-state index is 11.5. The molecule has 0 amide bonds. The summed E-state index contributed by atoms with van der Waals surface area (Å²) in [6, 6.07) is 39.2. The van der Waals surface area contributed by atoms with Gasteiger partial charge in [-0.25, -0.2) is 9.59 Å². The van der Waals surface area contributed by atoms with Gasteiger partial charge in [-0.3, -0.25) is 0 Å². The molecule has 0 spiro atoms. The number of carbonyl (C=O) groups excluding carboxylic acids is 2. The molecule has 0 unspecified atom stereocenters. The Hall–Kier alpha value is -6.34. The van der Waals surface area contributed by atoms with E-state index in [-0.39, 0.29) is 26.4 Å². The smallest absolute Gasteiger partial charge is 0.330 e. The monoisotopic (exact) mass is 676 g/mol. The lowest BCUT2D eigenvalue weighted by molar-refractivity contribution is -0.139. The van der Waals surface area contributed by atoms with E-state index < -0.39 is 17.4 Å². The lowest BCUT2D eigenvalue weighted by atomic mass is 9.66. The molecular weight excluding hydrogens is 640 g/mol. The molecule has 0 aromatic heterocycles. The predicted molar refractivity (Wildman–Crippen MR) is 199 cm³/mol. The fourth-order valence-corrected chi connectivity index (χ4v) is 6.82. The number of esters is 2. The molecule has 0 saturated heterocycles. The third-order valence-electron chi connectivity index (χ3n) is 9.22. The van der Waals surface area contributed by atoms with E-state index in [1.807, 2.05) is 66.7 Å². The molecule has 254 valence electrons. The molecule has 1 aliphatic heterocycles. The Morgan fingerprint density at radius 2 is 1.08 bits per heavy atom. The molecule has 7 rings (SSSR count). The van der Waals surface area contributed by atoms with Gasteiger partial charge in [-0.15, -0.1) is 0 Å². The van der Waals surface area contributed by atoms with Crippen molar-refractivity contribution in [2.75, 3.05) is 26.4 Å². The Kier molecular flexibility index (Phi) is 9.27. The fraction of sp³-hybridized carbons (Fsp3) is 0.136. The van der Waals surface area contributed by atoms with Crippen molar-refractivity contribution in [1.82, 2.24) is 0 Å². The Bertz CT molecular complexity index is 2150. The summed E-state index contributed by atoms with van der Waals surface area (Å²) < 4.78 is 29.1. The number of hydrogen-bond donors (Lipinski definition) is 0. The van der Waals surface area contributed by atoms with Crippen LogP contribution in [-0.4, -0.2) is 38.4 Å². The average Bonchev–Trinajstić information content (AvgIpc) is 3.17. The van der Waals surface area contributed by atoms with Gasteiger partial charge in [0, 0.05) is 23.3 Å². The predicted octanol–water partition coefficient (Wildman–Crippen LogP) is 9.34. The van der Waals surface area contributed by atoms with Gasteiger partial charge in [0.05, 0.1) is 5.41 Å². The first-order valence-electron chi connectivity index (χ1n) is 16.7. The SMILES string of the molecule is C=CC(=O)OCCOc1ccc2ccc3c(c2c1)C(C)(c1ccc(-c2ccccc2)cc1)c1c(ccc2ccc(OCCOC(=O)C=C)cc12)O3. The third-order valence-corrected chi connectivity index (χ3v) is 9.22. The standard InChI is InChI=1S/C44H36O7/c1-4-40(45)49-25-23-47-34-19-13-31-15-21-38-42(36(31)27-34)44(3,33-17-11-30(12-18-33)29-9-7-6-8-10-29)43-37-28-35(48-24-26-50-41(46)5-2)20-14-32(37)16-22-39(43)51-38/h4-22,27-28H,1-2,23-26H2,3H3. The van der Waals surface area contributed by atoms with Gasteiger partial charge in [-0.2, -0.15) is 0 Å². The Morgan fingerprint density at radius 1 is 0.608 bits per heavy atom. The number of carbonyl (C=O) groups is 2. The Balaban J connectivity index is 1.37. The minimum absolute atomic E-state index is 0.102. The van der Waals surface area contributed by atoms with Gasteiger partial charge >= 0.3 is 11.9 Å². The van der Waals surface area contributed by atoms with E-state index in [9.17, 15) is 9.59 Å². The number of rotatable bonds is 12. The van der Waals surface area contributed by atoms with Crippen molar-refractivity contribution >= 4 is 33.5 Å². The lowest BCUT2D eigenvalue weighted by Crippen LogP contribution is -2.30. The summed E-state index contributed by atoms with van der Waals surface area (Å²) in [6.07, 6.45) is 2.26. The van der Waals surface area contributed by atoms with Gasteiger partial charge in [0.15, 0.2) is 0 Å². The summed E-state index contributed by atoms with van der Waals surface area (Å²) in [4.78, 5) is 23.1. The van der Waals surface area contributed by atoms with Crippen LogP contribution in [0.2, 0.25) is 0 Å². The van der Waals surface area contributed by atoms with E-state index >= 15 is 0 Å². The van der Waals surface area contributed by atoms with Crippen molar-refractivity contribution in [2.45, 2.75) is 12.3 Å². The fourth-order valence-electron chi connectivity index (χ4n) is 6.82. The molecular formula is C44H36O7. The molecule has 0 atom stereocenters. The molecule has 7 nitrogen and oxygen atoms in total. The summed E-state index contributed by atoms with van der Waals surface area (Å²) in [5.74, 6) is 1.80. The summed E-state index contributed by atoms with van der Waals surface area (Å²) in [7, 11) is 0. The number of ether oxygens (including phenoxy) is 5. The van der Waals surface area contributed by atoms with Gasteiger partial charge in [-0.1, -0.05) is 92.0 Å². The van der Waals surface area contributed by atoms with Crippen LogP contribution in [0.5, 0.6) is 23.0 Å². The van der Waals surface area contributed by atoms with E-state index in [1.165, 1.54) is 0 Å². The summed E-state index contributed by atoms with van der Waals surface area (Å²) >= 11 is 0. The first kappa shape index (κ1) is 33.2. The van der Waals surface area contributed by atoms with E-state index in [0.29, 0.717) is 11.5 Å². The molecule has 1 heterocycles. The van der Waals surface area contributed by atoms with Gasteiger partial charge < -0.3 is 23.7 Å². The van der Waals surface area contributed by atoms with Crippen LogP contribution in [0.3, 0.4) is 0 Å². The highest BCUT2D eigenvalue weighted by atomic mass is 16.6. The minimum Gasteiger partial charge on any atom is -0.490 e. The van der Waals surface area contributed by atoms with Crippen LogP contribution in [0.1, 0.15) is 23.6 Å². The van der Waals surface area contributed by atoms with Gasteiger partial charge in [0.25, 0.3) is 0 Å². The normalized spacial score (nSPS) is 12.6. The molecule has 7 heteroatoms. The maximum Gasteiger partial charge on any atom is 0.330 e. The van der Waals surface area contributed by atoms with Crippen molar-refractivity contribution in [3.8, 4) is 34.1 Å². The van der Waals surface area contributed by atoms with Crippen molar-refractivity contribution < 1.29 is 33.3 Å². The summed E-state index contributed by atoms with van der Waals surface area (Å²) in [6.45, 7) is 9.72. The van der Waals surface area contributed by atoms with Crippen LogP contribution >= 0.6 is 0 Å². The Labute approximate surface area is 296 Å². The van der Waals surface area contributed by atoms with Crippen LogP contribution in [0.25, 0.3) is 32.7 Å². The molecule has 0 saturated carbocycles. The molecule has 0 aliphatic carbocycles. The summed E-state index contributed by atoms with van der Waals surface area (Å²) in [5, 5.41) is 4.00. The molecule has 0 fully saturated rings. The second kappa shape index (κ2) is 14.3. The zero-order valence-corrected chi connectivity index (χ0v) is 28.2. The van der Waals surface area contributed by atoms with E-state index in [2.05, 4.69) is 68.6 Å². The van der Waals surface area contributed by atoms with E-state index in [0.717, 1.165) is 73.0 Å². The molecule has 6 aromatic carbocycles. The number of hydrogen-bond acceptors (Lipinski definition) is 7. The highest BCUT2D eigenvalue weighted by Crippen LogP contribution is 2.56. The molecule has 0 bridgehead atoms. The lowest BCUT2D eigenvalue weighted by Gasteiger charge is -2.40. The van der Waals surface area contributed by atoms with Crippen LogP contribution in [0.4, 0.5) is 0 Å². The van der Waals surface area contributed by atoms with Gasteiger partial charge in [0.2, 0.25) is 0 Å². The van der Waals surface area contributed by atoms with Crippen molar-refractivity contribution in [2.24, 2.45) is 0 Å². The number of fused-ring (bicyclic) bond motifs is 6. The second-order valence-corrected chi connectivity index (χ2v) is 12.3. The molecule has 51 heavy (non-hydrogen) atoms. The van der Waals surface area contributed by atoms with Gasteiger partial charge in [0.1, 0.15) is 49.4 Å². The minimum atomic E-state index is -0.701. The topological polar surface area (TPSA) is 80.3 Å². The zero-order chi connectivity index (χ0) is 35.4. The molecule has 6 aromatic rings. The molecule has 0 N–H and O–H groups in total. The summed E-state index contributed by atoms with van der Waals surface area (Å²) in [5.41, 5.74) is 4.63. The average molecular weight is 677 g/mol. The van der Waals surface area contributed by atoms with Crippen molar-refractivity contribution in [1.29, 1.82) is 0 Å². The van der Waals surface area contributed by atoms with E-state index in [4.69, 9.17) is 23.7 Å². The molecule has 1 aliphatic rings. The van der Waals surface area contributed by atoms with E-state index in [1.54, 1.807) is 0 Å². The van der Waals surface area contributed by atoms with Crippen LogP contribution in [-0.2, 0) is 24.5 Å². The Morgan fingerprint density at radius 3 is 1.57 bits per heavy atom. The zero-order valence-electron chi connectivity index (χ0n) is 28.2. The highest BCUT2D eigenvalue weighted by molar-refractivity contribution is 5.97. The first-order chi connectivity index (χ1) is 24.9. The largest absolute Gasteiger partial charge is 0.490 e. The maximum absolute atomic E-state index is 11.5. The highest BCUT2D eigenvalue weighted by Gasteiger charge is 2.42. The van der Waals surface area contributed by atoms with Crippen molar-refractivity contribution in [3.05, 3.63) is 157 Å². The van der Waals surface area contributed by atoms with Crippen LogP contribution in [0, 0.1) is 0 Å². The third kappa shape index (κ3) is 6.54. The quantitative estimate of drug-likeness (QED) is 0.0726. The second-order valence-electron chi connectivity index (χ2n) is 12.3. The van der Waals surface area contributed by atoms with Crippen LogP contribution < -0.4 is 14.2 Å². The first-order valence-corrected chi connectivity index (χ1v) is 16.7. The molecule has 0 radical (unpaired) electrons. The number of benzene rings is 6.